The number of methoxy groups -OCH3 is 1. The lowest BCUT2D eigenvalue weighted by molar-refractivity contribution is -0.901. The molecule has 0 fully saturated rings. The number of nitrogens with zero attached hydrogens (tertiary/aromatic N) is 2. The monoisotopic (exact) mass is 1060 g/mol. The highest BCUT2D eigenvalue weighted by atomic mass is 16.6. The van der Waals surface area contributed by atoms with Crippen LogP contribution in [0.3, 0.4) is 0 Å². The van der Waals surface area contributed by atoms with Crippen molar-refractivity contribution in [2.45, 2.75) is 39.3 Å². The lowest BCUT2D eigenvalue weighted by Crippen LogP contribution is -2.38. The van der Waals surface area contributed by atoms with Crippen molar-refractivity contribution in [3.05, 3.63) is 117 Å². The number of aliphatic hydroxyl groups excluding tert-OH is 1. The van der Waals surface area contributed by atoms with Gasteiger partial charge in [-0.2, -0.15) is 0 Å². The first kappa shape index (κ1) is 62.8. The van der Waals surface area contributed by atoms with Crippen molar-refractivity contribution >= 4 is 5.69 Å². The molecule has 1 aliphatic carbocycles. The van der Waals surface area contributed by atoms with Gasteiger partial charge in [0.25, 0.3) is 0 Å². The number of quaternary nitrogens is 1. The summed E-state index contributed by atoms with van der Waals surface area (Å²) in [7, 11) is 10.3. The first-order valence-electron chi connectivity index (χ1n) is 27.1. The topological polar surface area (TPSA) is 143 Å². The molecule has 16 nitrogen and oxygen atoms in total. The third-order valence-electron chi connectivity index (χ3n) is 13.2. The van der Waals surface area contributed by atoms with E-state index in [1.165, 1.54) is 44.5 Å². The molecule has 0 saturated carbocycles. The molecule has 0 bridgehead atoms. The van der Waals surface area contributed by atoms with E-state index >= 15 is 0 Å². The van der Waals surface area contributed by atoms with Gasteiger partial charge in [0.2, 0.25) is 0 Å². The molecule has 0 amide bonds. The number of hydrogen-bond donors (Lipinski definition) is 1. The predicted octanol–water partition coefficient (Wildman–Crippen LogP) is 7.03. The van der Waals surface area contributed by atoms with Crippen LogP contribution in [0.2, 0.25) is 0 Å². The van der Waals surface area contributed by atoms with Gasteiger partial charge in [-0.1, -0.05) is 71.8 Å². The van der Waals surface area contributed by atoms with Crippen molar-refractivity contribution in [1.82, 2.24) is 0 Å². The maximum atomic E-state index is 8.76. The molecule has 76 heavy (non-hydrogen) atoms. The zero-order chi connectivity index (χ0) is 54.3. The Labute approximate surface area is 454 Å². The summed E-state index contributed by atoms with van der Waals surface area (Å²) in [5.41, 5.74) is 12.4. The van der Waals surface area contributed by atoms with Crippen LogP contribution in [0.15, 0.2) is 72.8 Å². The molecule has 0 saturated heterocycles. The van der Waals surface area contributed by atoms with E-state index in [2.05, 4.69) is 127 Å². The van der Waals surface area contributed by atoms with E-state index in [1.54, 1.807) is 7.11 Å². The summed E-state index contributed by atoms with van der Waals surface area (Å²) >= 11 is 0. The fourth-order valence-electron chi connectivity index (χ4n) is 8.97. The smallest absolute Gasteiger partial charge is 0.143 e. The number of aliphatic hydroxyl groups is 1. The summed E-state index contributed by atoms with van der Waals surface area (Å²) < 4.78 is 75.1. The van der Waals surface area contributed by atoms with Crippen LogP contribution in [-0.4, -0.2) is 210 Å². The Bertz CT molecular complexity index is 2170. The SMILES string of the molecule is CC[N+](C)(C)Cc1ccc(C2(c3ccc(N(C)C)c(OCCOCCOCCOCCOCCOCCOC)c3)c3cc(C)ccc3-c3ccc(C)cc32)cc1COCCOCCOCCOCCOCCOCCO. The second-order valence-corrected chi connectivity index (χ2v) is 19.6. The molecule has 1 N–H and O–H groups in total. The number of rotatable bonds is 44. The highest BCUT2D eigenvalue weighted by molar-refractivity contribution is 5.87. The molecule has 0 spiro atoms. The molecule has 16 heteroatoms. The van der Waals surface area contributed by atoms with E-state index in [0.717, 1.165) is 40.1 Å². The van der Waals surface area contributed by atoms with Gasteiger partial charge < -0.3 is 76.1 Å². The van der Waals surface area contributed by atoms with Crippen LogP contribution in [0.4, 0.5) is 5.69 Å². The van der Waals surface area contributed by atoms with Gasteiger partial charge >= 0.3 is 0 Å². The van der Waals surface area contributed by atoms with Gasteiger partial charge in [-0.05, 0) is 71.8 Å². The third-order valence-corrected chi connectivity index (χ3v) is 13.2. The highest BCUT2D eigenvalue weighted by Crippen LogP contribution is 2.57. The van der Waals surface area contributed by atoms with Crippen molar-refractivity contribution < 1.29 is 71.2 Å². The minimum Gasteiger partial charge on any atom is -0.489 e. The van der Waals surface area contributed by atoms with Crippen LogP contribution in [0, 0.1) is 13.8 Å². The fourth-order valence-corrected chi connectivity index (χ4v) is 8.97. The van der Waals surface area contributed by atoms with Crippen LogP contribution in [0.25, 0.3) is 11.1 Å². The summed E-state index contributed by atoms with van der Waals surface area (Å²) in [6.07, 6.45) is 0. The molecule has 0 aromatic heterocycles. The maximum absolute atomic E-state index is 8.76. The molecular formula is C60H91N2O14+. The van der Waals surface area contributed by atoms with E-state index in [4.69, 9.17) is 66.7 Å². The van der Waals surface area contributed by atoms with Gasteiger partial charge in [0.05, 0.1) is 190 Å². The van der Waals surface area contributed by atoms with E-state index in [9.17, 15) is 0 Å². The lowest BCUT2D eigenvalue weighted by atomic mass is 9.66. The van der Waals surface area contributed by atoms with Gasteiger partial charge in [0.15, 0.2) is 0 Å². The summed E-state index contributed by atoms with van der Waals surface area (Å²) in [5.74, 6) is 0.789. The molecule has 5 rings (SSSR count). The molecule has 424 valence electrons. The lowest BCUT2D eigenvalue weighted by Gasteiger charge is -2.36. The molecule has 4 aromatic carbocycles. The standard InChI is InChI=1S/C60H91N2O14/c1-9-62(6,7)46-50-12-13-52(44-51(50)47-75-39-38-73-35-34-71-31-30-69-27-26-67-23-22-65-19-18-63)60(56-42-48(2)10-15-54(56)55-16-11-49(3)43-57(55)60)53-14-17-58(61(4)5)59(45-53)76-41-40-74-37-36-72-33-32-70-29-28-68-25-24-66-21-20-64-8/h10-17,42-45,63H,9,18-41,46-47H2,1-8H3/q+1. The highest BCUT2D eigenvalue weighted by Gasteiger charge is 2.47. The second kappa shape index (κ2) is 35.4. The molecular weight excluding hydrogens is 973 g/mol. The molecule has 1 aliphatic rings. The maximum Gasteiger partial charge on any atom is 0.143 e. The van der Waals surface area contributed by atoms with Gasteiger partial charge in [0.1, 0.15) is 18.9 Å². The first-order chi connectivity index (χ1) is 37.0. The van der Waals surface area contributed by atoms with E-state index in [-0.39, 0.29) is 6.61 Å². The van der Waals surface area contributed by atoms with Crippen LogP contribution >= 0.6 is 0 Å². The van der Waals surface area contributed by atoms with E-state index in [1.807, 2.05) is 0 Å². The van der Waals surface area contributed by atoms with Crippen molar-refractivity contribution in [2.75, 3.05) is 205 Å². The average molecular weight is 1060 g/mol. The number of fused-ring (bicyclic) bond motifs is 3. The Kier molecular flexibility index (Phi) is 29.3. The average Bonchev–Trinajstić information content (AvgIpc) is 3.84. The van der Waals surface area contributed by atoms with Crippen molar-refractivity contribution in [3.63, 3.8) is 0 Å². The second-order valence-electron chi connectivity index (χ2n) is 19.6. The van der Waals surface area contributed by atoms with E-state index < -0.39 is 5.41 Å². The fraction of sp³-hybridized carbons (Fsp3) is 0.600. The number of ether oxygens (including phenoxy) is 13. The Morgan fingerprint density at radius 2 is 0.868 bits per heavy atom. The normalized spacial score (nSPS) is 12.9. The molecule has 0 atom stereocenters. The van der Waals surface area contributed by atoms with E-state index in [0.29, 0.717) is 159 Å². The minimum absolute atomic E-state index is 0.0129. The summed E-state index contributed by atoms with van der Waals surface area (Å²) in [6.45, 7) is 19.8. The first-order valence-corrected chi connectivity index (χ1v) is 27.1. The van der Waals surface area contributed by atoms with Crippen molar-refractivity contribution in [1.29, 1.82) is 0 Å². The molecule has 0 aliphatic heterocycles. The number of aryl methyl sites for hydroxylation is 2. The van der Waals surface area contributed by atoms with Crippen LogP contribution < -0.4 is 9.64 Å². The third kappa shape index (κ3) is 20.3. The zero-order valence-corrected chi connectivity index (χ0v) is 47.2. The van der Waals surface area contributed by atoms with Crippen LogP contribution in [0.5, 0.6) is 5.75 Å². The Balaban J connectivity index is 1.25. The minimum atomic E-state index is -0.671. The van der Waals surface area contributed by atoms with Gasteiger partial charge in [0, 0.05) is 26.8 Å². The molecule has 0 radical (unpaired) electrons. The van der Waals surface area contributed by atoms with Gasteiger partial charge in [-0.25, -0.2) is 0 Å². The van der Waals surface area contributed by atoms with Crippen LogP contribution in [-0.2, 0) is 75.4 Å². The number of anilines is 1. The summed E-state index contributed by atoms with van der Waals surface area (Å²) in [6, 6.07) is 27.5. The molecule has 0 unspecified atom stereocenters. The Morgan fingerprint density at radius 3 is 1.30 bits per heavy atom. The van der Waals surface area contributed by atoms with Crippen molar-refractivity contribution in [2.24, 2.45) is 0 Å². The molecule has 0 heterocycles. The number of benzene rings is 4. The van der Waals surface area contributed by atoms with Gasteiger partial charge in [-0.3, -0.25) is 0 Å². The van der Waals surface area contributed by atoms with Gasteiger partial charge in [-0.15, -0.1) is 0 Å². The Morgan fingerprint density at radius 1 is 0.461 bits per heavy atom. The van der Waals surface area contributed by atoms with Crippen LogP contribution in [0.1, 0.15) is 51.4 Å². The zero-order valence-electron chi connectivity index (χ0n) is 47.2. The summed E-state index contributed by atoms with van der Waals surface area (Å²) in [5, 5.41) is 8.76. The largest absolute Gasteiger partial charge is 0.489 e. The van der Waals surface area contributed by atoms with Crippen molar-refractivity contribution in [3.8, 4) is 16.9 Å². The summed E-state index contributed by atoms with van der Waals surface area (Å²) in [4.78, 5) is 2.10. The predicted molar refractivity (Wildman–Crippen MR) is 296 cm³/mol. The quantitative estimate of drug-likeness (QED) is 0.0315. The molecule has 4 aromatic rings. The Hall–Kier alpha value is -4.08. The number of hydrogen-bond acceptors (Lipinski definition) is 15.